The fourth-order valence-corrected chi connectivity index (χ4v) is 2.77. The molecule has 2 aromatic rings. The summed E-state index contributed by atoms with van der Waals surface area (Å²) in [6.07, 6.45) is 2.46. The van der Waals surface area contributed by atoms with Gasteiger partial charge in [0.2, 0.25) is 0 Å². The first-order chi connectivity index (χ1) is 12.2. The molecule has 0 aliphatic rings. The van der Waals surface area contributed by atoms with Crippen molar-refractivity contribution in [3.05, 3.63) is 53.6 Å². The Balaban J connectivity index is 2.47. The highest BCUT2D eigenvalue weighted by Crippen LogP contribution is 2.36. The van der Waals surface area contributed by atoms with Gasteiger partial charge in [-0.2, -0.15) is 0 Å². The fourth-order valence-electron chi connectivity index (χ4n) is 2.77. The van der Waals surface area contributed by atoms with Crippen LogP contribution in [0, 0.1) is 0 Å². The molecule has 2 aromatic carbocycles. The van der Waals surface area contributed by atoms with Gasteiger partial charge in [-0.05, 0) is 36.3 Å². The Kier molecular flexibility index (Phi) is 6.71. The van der Waals surface area contributed by atoms with Gasteiger partial charge in [0.05, 0.1) is 40.6 Å². The van der Waals surface area contributed by atoms with Crippen LogP contribution in [0.25, 0.3) is 5.57 Å². The van der Waals surface area contributed by atoms with Crippen LogP contribution in [0.4, 0.5) is 0 Å². The van der Waals surface area contributed by atoms with Crippen LogP contribution in [-0.4, -0.2) is 40.2 Å². The minimum absolute atomic E-state index is 0.145. The molecule has 0 radical (unpaired) electrons. The van der Waals surface area contributed by atoms with Crippen LogP contribution in [-0.2, 0) is 6.42 Å². The lowest BCUT2D eigenvalue weighted by atomic mass is 10.0. The first-order valence-corrected chi connectivity index (χ1v) is 7.91. The fraction of sp³-hybridized carbons (Fsp3) is 0.300. The average Bonchev–Trinajstić information content (AvgIpc) is 2.67. The van der Waals surface area contributed by atoms with Gasteiger partial charge in [0.1, 0.15) is 23.0 Å². The SMILES string of the molecule is COc1cccc(OC)c1C/C=C(\CO)c1c(OC)cccc1OC. The number of aliphatic hydroxyl groups is 1. The van der Waals surface area contributed by atoms with E-state index in [1.807, 2.05) is 42.5 Å². The second-order valence-corrected chi connectivity index (χ2v) is 5.27. The predicted molar refractivity (Wildman–Crippen MR) is 97.9 cm³/mol. The molecule has 0 saturated heterocycles. The van der Waals surface area contributed by atoms with E-state index in [4.69, 9.17) is 18.9 Å². The normalized spacial score (nSPS) is 11.2. The molecule has 0 spiro atoms. The lowest BCUT2D eigenvalue weighted by molar-refractivity contribution is 0.345. The minimum atomic E-state index is -0.145. The van der Waals surface area contributed by atoms with Crippen molar-refractivity contribution in [1.82, 2.24) is 0 Å². The van der Waals surface area contributed by atoms with Gasteiger partial charge < -0.3 is 24.1 Å². The summed E-state index contributed by atoms with van der Waals surface area (Å²) in [5.74, 6) is 2.76. The van der Waals surface area contributed by atoms with Crippen molar-refractivity contribution >= 4 is 5.57 Å². The van der Waals surface area contributed by atoms with Crippen molar-refractivity contribution in [2.45, 2.75) is 6.42 Å². The van der Waals surface area contributed by atoms with Gasteiger partial charge in [-0.3, -0.25) is 0 Å². The summed E-state index contributed by atoms with van der Waals surface area (Å²) >= 11 is 0. The zero-order chi connectivity index (χ0) is 18.2. The molecular formula is C20H24O5. The van der Waals surface area contributed by atoms with Gasteiger partial charge in [0, 0.05) is 5.56 Å². The quantitative estimate of drug-likeness (QED) is 0.796. The lowest BCUT2D eigenvalue weighted by Crippen LogP contribution is -2.01. The third-order valence-electron chi connectivity index (χ3n) is 4.00. The Morgan fingerprint density at radius 2 is 1.24 bits per heavy atom. The van der Waals surface area contributed by atoms with Crippen molar-refractivity contribution in [1.29, 1.82) is 0 Å². The number of aliphatic hydroxyl groups excluding tert-OH is 1. The summed E-state index contributed by atoms with van der Waals surface area (Å²) in [6, 6.07) is 11.2. The van der Waals surface area contributed by atoms with E-state index in [9.17, 15) is 5.11 Å². The molecule has 134 valence electrons. The van der Waals surface area contributed by atoms with Crippen molar-refractivity contribution in [2.24, 2.45) is 0 Å². The molecule has 1 N–H and O–H groups in total. The third kappa shape index (κ3) is 4.06. The molecule has 0 bridgehead atoms. The van der Waals surface area contributed by atoms with E-state index in [-0.39, 0.29) is 6.61 Å². The molecule has 5 heteroatoms. The van der Waals surface area contributed by atoms with Crippen LogP contribution in [0.2, 0.25) is 0 Å². The van der Waals surface area contributed by atoms with Crippen LogP contribution < -0.4 is 18.9 Å². The number of allylic oxidation sites excluding steroid dienone is 1. The maximum absolute atomic E-state index is 9.91. The van der Waals surface area contributed by atoms with Crippen LogP contribution in [0.1, 0.15) is 11.1 Å². The smallest absolute Gasteiger partial charge is 0.130 e. The Morgan fingerprint density at radius 1 is 0.800 bits per heavy atom. The zero-order valence-corrected chi connectivity index (χ0v) is 15.0. The second kappa shape index (κ2) is 8.99. The van der Waals surface area contributed by atoms with Gasteiger partial charge >= 0.3 is 0 Å². The highest BCUT2D eigenvalue weighted by atomic mass is 16.5. The Morgan fingerprint density at radius 3 is 1.64 bits per heavy atom. The molecule has 0 aromatic heterocycles. The number of hydrogen-bond acceptors (Lipinski definition) is 5. The zero-order valence-electron chi connectivity index (χ0n) is 15.0. The maximum Gasteiger partial charge on any atom is 0.130 e. The molecular weight excluding hydrogens is 320 g/mol. The predicted octanol–water partition coefficient (Wildman–Crippen LogP) is 3.34. The Labute approximate surface area is 148 Å². The standard InChI is InChI=1S/C20H24O5/c1-22-16-7-5-8-17(23-2)15(16)12-11-14(13-21)20-18(24-3)9-6-10-19(20)25-4/h5-11,21H,12-13H2,1-4H3/b14-11+. The van der Waals surface area contributed by atoms with E-state index in [1.54, 1.807) is 28.4 Å². The molecule has 25 heavy (non-hydrogen) atoms. The monoisotopic (exact) mass is 344 g/mol. The van der Waals surface area contributed by atoms with Crippen LogP contribution in [0.15, 0.2) is 42.5 Å². The Hall–Kier alpha value is -2.66. The summed E-state index contributed by atoms with van der Waals surface area (Å²) in [6.45, 7) is -0.145. The average molecular weight is 344 g/mol. The first-order valence-electron chi connectivity index (χ1n) is 7.91. The number of rotatable bonds is 8. The topological polar surface area (TPSA) is 57.2 Å². The van der Waals surface area contributed by atoms with Crippen molar-refractivity contribution in [3.63, 3.8) is 0 Å². The molecule has 0 unspecified atom stereocenters. The molecule has 0 heterocycles. The minimum Gasteiger partial charge on any atom is -0.496 e. The van der Waals surface area contributed by atoms with E-state index >= 15 is 0 Å². The molecule has 0 amide bonds. The highest BCUT2D eigenvalue weighted by Gasteiger charge is 2.15. The number of ether oxygens (including phenoxy) is 4. The van der Waals surface area contributed by atoms with Gasteiger partial charge in [0.25, 0.3) is 0 Å². The van der Waals surface area contributed by atoms with Crippen LogP contribution >= 0.6 is 0 Å². The Bertz CT molecular complexity index is 692. The summed E-state index contributed by atoms with van der Waals surface area (Å²) in [7, 11) is 6.43. The highest BCUT2D eigenvalue weighted by molar-refractivity contribution is 5.76. The summed E-state index contributed by atoms with van der Waals surface area (Å²) in [5, 5.41) is 9.91. The van der Waals surface area contributed by atoms with E-state index in [1.165, 1.54) is 0 Å². The number of hydrogen-bond donors (Lipinski definition) is 1. The molecule has 0 aliphatic carbocycles. The van der Waals surface area contributed by atoms with Gasteiger partial charge in [-0.1, -0.05) is 18.2 Å². The van der Waals surface area contributed by atoms with E-state index in [0.29, 0.717) is 23.5 Å². The van der Waals surface area contributed by atoms with E-state index in [2.05, 4.69) is 0 Å². The van der Waals surface area contributed by atoms with Crippen LogP contribution in [0.3, 0.4) is 0 Å². The first kappa shape index (κ1) is 18.7. The van der Waals surface area contributed by atoms with Gasteiger partial charge in [-0.15, -0.1) is 0 Å². The lowest BCUT2D eigenvalue weighted by Gasteiger charge is -2.16. The van der Waals surface area contributed by atoms with Crippen LogP contribution in [0.5, 0.6) is 23.0 Å². The molecule has 0 aliphatic heterocycles. The molecule has 5 nitrogen and oxygen atoms in total. The molecule has 0 atom stereocenters. The molecule has 0 saturated carbocycles. The summed E-state index contributed by atoms with van der Waals surface area (Å²) in [4.78, 5) is 0. The van der Waals surface area contributed by atoms with E-state index in [0.717, 1.165) is 22.6 Å². The van der Waals surface area contributed by atoms with E-state index < -0.39 is 0 Å². The van der Waals surface area contributed by atoms with Gasteiger partial charge in [-0.25, -0.2) is 0 Å². The summed E-state index contributed by atoms with van der Waals surface area (Å²) < 4.78 is 21.7. The van der Waals surface area contributed by atoms with Gasteiger partial charge in [0.15, 0.2) is 0 Å². The second-order valence-electron chi connectivity index (χ2n) is 5.27. The molecule has 0 fully saturated rings. The summed E-state index contributed by atoms with van der Waals surface area (Å²) in [5.41, 5.74) is 2.36. The third-order valence-corrected chi connectivity index (χ3v) is 4.00. The number of benzene rings is 2. The van der Waals surface area contributed by atoms with Crippen molar-refractivity contribution in [2.75, 3.05) is 35.0 Å². The number of methoxy groups -OCH3 is 4. The maximum atomic E-state index is 9.91. The van der Waals surface area contributed by atoms with Crippen molar-refractivity contribution < 1.29 is 24.1 Å². The van der Waals surface area contributed by atoms with Crippen molar-refractivity contribution in [3.8, 4) is 23.0 Å². The largest absolute Gasteiger partial charge is 0.496 e. The molecule has 2 rings (SSSR count).